The van der Waals surface area contributed by atoms with Crippen LogP contribution in [0.2, 0.25) is 0 Å². The number of anilines is 1. The van der Waals surface area contributed by atoms with E-state index in [-0.39, 0.29) is 29.9 Å². The minimum atomic E-state index is -0.103. The zero-order chi connectivity index (χ0) is 20.7. The smallest absolute Gasteiger partial charge is 0.221 e. The Kier molecular flexibility index (Phi) is 14.2. The first kappa shape index (κ1) is 26.4. The van der Waals surface area contributed by atoms with Crippen molar-refractivity contribution in [3.05, 3.63) is 24.3 Å². The van der Waals surface area contributed by atoms with Crippen molar-refractivity contribution in [2.45, 2.75) is 26.7 Å². The molecule has 30 heavy (non-hydrogen) atoms. The number of ether oxygens (including phenoxy) is 3. The van der Waals surface area contributed by atoms with Gasteiger partial charge >= 0.3 is 0 Å². The molecular formula is C21H35IN4O4. The van der Waals surface area contributed by atoms with E-state index in [0.717, 1.165) is 50.9 Å². The molecule has 1 heterocycles. The number of guanidine groups is 1. The molecule has 1 aromatic rings. The number of carbonyl (C=O) groups is 1. The Morgan fingerprint density at radius 1 is 1.30 bits per heavy atom. The van der Waals surface area contributed by atoms with Crippen molar-refractivity contribution in [2.75, 3.05) is 58.0 Å². The summed E-state index contributed by atoms with van der Waals surface area (Å²) in [5.74, 6) is 1.93. The maximum Gasteiger partial charge on any atom is 0.221 e. The highest BCUT2D eigenvalue weighted by atomic mass is 127. The number of amides is 1. The lowest BCUT2D eigenvalue weighted by molar-refractivity contribution is -0.114. The molecule has 1 unspecified atom stereocenters. The molecule has 0 aromatic heterocycles. The SMILES string of the molecule is CCNC(=NCCCOCC1CCOC1)NCCOc1cccc(NC(C)=O)c1.I. The highest BCUT2D eigenvalue weighted by molar-refractivity contribution is 14.0. The number of nitrogens with zero attached hydrogens (tertiary/aromatic N) is 1. The molecule has 0 spiro atoms. The fourth-order valence-corrected chi connectivity index (χ4v) is 2.87. The summed E-state index contributed by atoms with van der Waals surface area (Å²) in [4.78, 5) is 15.7. The number of rotatable bonds is 12. The van der Waals surface area contributed by atoms with Gasteiger partial charge in [0.1, 0.15) is 12.4 Å². The maximum atomic E-state index is 11.1. The predicted molar refractivity (Wildman–Crippen MR) is 130 cm³/mol. The Hall–Kier alpha value is -1.59. The number of nitrogens with one attached hydrogen (secondary N) is 3. The normalized spacial score (nSPS) is 15.9. The van der Waals surface area contributed by atoms with Gasteiger partial charge in [0.05, 0.1) is 19.8 Å². The first-order chi connectivity index (χ1) is 14.2. The molecule has 1 saturated heterocycles. The summed E-state index contributed by atoms with van der Waals surface area (Å²) < 4.78 is 16.8. The summed E-state index contributed by atoms with van der Waals surface area (Å²) in [6.07, 6.45) is 1.99. The van der Waals surface area contributed by atoms with E-state index in [1.54, 1.807) is 6.07 Å². The van der Waals surface area contributed by atoms with Crippen LogP contribution in [0, 0.1) is 5.92 Å². The lowest BCUT2D eigenvalue weighted by Crippen LogP contribution is -2.39. The molecule has 1 aliphatic heterocycles. The molecule has 1 aliphatic rings. The second-order valence-corrected chi connectivity index (χ2v) is 6.90. The van der Waals surface area contributed by atoms with E-state index in [1.807, 2.05) is 25.1 Å². The van der Waals surface area contributed by atoms with E-state index in [4.69, 9.17) is 14.2 Å². The minimum Gasteiger partial charge on any atom is -0.492 e. The van der Waals surface area contributed by atoms with Crippen LogP contribution in [0.25, 0.3) is 0 Å². The molecular weight excluding hydrogens is 499 g/mol. The molecule has 3 N–H and O–H groups in total. The number of aliphatic imine (C=N–C) groups is 1. The van der Waals surface area contributed by atoms with Crippen molar-refractivity contribution in [2.24, 2.45) is 10.9 Å². The van der Waals surface area contributed by atoms with Crippen molar-refractivity contribution < 1.29 is 19.0 Å². The number of hydrogen-bond acceptors (Lipinski definition) is 5. The Morgan fingerprint density at radius 3 is 2.90 bits per heavy atom. The summed E-state index contributed by atoms with van der Waals surface area (Å²) >= 11 is 0. The summed E-state index contributed by atoms with van der Waals surface area (Å²) in [5, 5.41) is 9.23. The fraction of sp³-hybridized carbons (Fsp3) is 0.619. The van der Waals surface area contributed by atoms with Gasteiger partial charge in [-0.1, -0.05) is 6.07 Å². The Balaban J connectivity index is 0.00000450. The molecule has 170 valence electrons. The van der Waals surface area contributed by atoms with Crippen LogP contribution in [0.4, 0.5) is 5.69 Å². The third-order valence-electron chi connectivity index (χ3n) is 4.26. The molecule has 0 saturated carbocycles. The van der Waals surface area contributed by atoms with Crippen molar-refractivity contribution >= 4 is 41.5 Å². The van der Waals surface area contributed by atoms with Gasteiger partial charge in [-0.25, -0.2) is 0 Å². The fourth-order valence-electron chi connectivity index (χ4n) is 2.87. The van der Waals surface area contributed by atoms with Crippen molar-refractivity contribution in [3.63, 3.8) is 0 Å². The van der Waals surface area contributed by atoms with Crippen LogP contribution >= 0.6 is 24.0 Å². The van der Waals surface area contributed by atoms with E-state index in [2.05, 4.69) is 20.9 Å². The summed E-state index contributed by atoms with van der Waals surface area (Å²) in [7, 11) is 0. The number of halogens is 1. The zero-order valence-electron chi connectivity index (χ0n) is 17.9. The monoisotopic (exact) mass is 534 g/mol. The molecule has 0 aliphatic carbocycles. The lowest BCUT2D eigenvalue weighted by Gasteiger charge is -2.13. The quantitative estimate of drug-likeness (QED) is 0.165. The van der Waals surface area contributed by atoms with E-state index >= 15 is 0 Å². The summed E-state index contributed by atoms with van der Waals surface area (Å²) in [6.45, 7) is 9.31. The van der Waals surface area contributed by atoms with Gasteiger partial charge in [0, 0.05) is 50.9 Å². The van der Waals surface area contributed by atoms with E-state index < -0.39 is 0 Å². The minimum absolute atomic E-state index is 0. The third-order valence-corrected chi connectivity index (χ3v) is 4.26. The van der Waals surface area contributed by atoms with Gasteiger partial charge in [0.25, 0.3) is 0 Å². The molecule has 1 aromatic carbocycles. The van der Waals surface area contributed by atoms with Crippen LogP contribution in [0.15, 0.2) is 29.3 Å². The Bertz CT molecular complexity index is 639. The molecule has 0 radical (unpaired) electrons. The van der Waals surface area contributed by atoms with Gasteiger partial charge in [-0.05, 0) is 31.9 Å². The van der Waals surface area contributed by atoms with Crippen molar-refractivity contribution in [3.8, 4) is 5.75 Å². The first-order valence-corrected chi connectivity index (χ1v) is 10.4. The van der Waals surface area contributed by atoms with Crippen molar-refractivity contribution in [1.82, 2.24) is 10.6 Å². The van der Waals surface area contributed by atoms with Gasteiger partial charge in [0.2, 0.25) is 5.91 Å². The second-order valence-electron chi connectivity index (χ2n) is 6.90. The first-order valence-electron chi connectivity index (χ1n) is 10.4. The second kappa shape index (κ2) is 16.1. The van der Waals surface area contributed by atoms with Crippen LogP contribution in [0.3, 0.4) is 0 Å². The number of hydrogen-bond donors (Lipinski definition) is 3. The van der Waals surface area contributed by atoms with Gasteiger partial charge in [0.15, 0.2) is 5.96 Å². The van der Waals surface area contributed by atoms with Crippen LogP contribution in [0.1, 0.15) is 26.7 Å². The highest BCUT2D eigenvalue weighted by Crippen LogP contribution is 2.17. The van der Waals surface area contributed by atoms with Crippen LogP contribution in [-0.4, -0.2) is 64.5 Å². The molecule has 0 bridgehead atoms. The topological polar surface area (TPSA) is 93.2 Å². The predicted octanol–water partition coefficient (Wildman–Crippen LogP) is 2.64. The van der Waals surface area contributed by atoms with Crippen molar-refractivity contribution in [1.29, 1.82) is 0 Å². The van der Waals surface area contributed by atoms with Crippen LogP contribution < -0.4 is 20.7 Å². The average molecular weight is 534 g/mol. The third kappa shape index (κ3) is 11.6. The largest absolute Gasteiger partial charge is 0.492 e. The summed E-state index contributed by atoms with van der Waals surface area (Å²) in [5.41, 5.74) is 0.723. The molecule has 9 heteroatoms. The molecule has 8 nitrogen and oxygen atoms in total. The average Bonchev–Trinajstić information content (AvgIpc) is 3.21. The lowest BCUT2D eigenvalue weighted by atomic mass is 10.1. The maximum absolute atomic E-state index is 11.1. The van der Waals surface area contributed by atoms with E-state index in [9.17, 15) is 4.79 Å². The molecule has 1 amide bonds. The number of benzene rings is 1. The Morgan fingerprint density at radius 2 is 2.17 bits per heavy atom. The van der Waals surface area contributed by atoms with Gasteiger partial charge in [-0.2, -0.15) is 0 Å². The molecule has 1 atom stereocenters. The molecule has 2 rings (SSSR count). The van der Waals surface area contributed by atoms with Gasteiger partial charge in [-0.3, -0.25) is 9.79 Å². The zero-order valence-corrected chi connectivity index (χ0v) is 20.3. The summed E-state index contributed by atoms with van der Waals surface area (Å²) in [6, 6.07) is 7.34. The Labute approximate surface area is 196 Å². The van der Waals surface area contributed by atoms with Gasteiger partial charge < -0.3 is 30.2 Å². The van der Waals surface area contributed by atoms with Gasteiger partial charge in [-0.15, -0.1) is 24.0 Å². The standard InChI is InChI=1S/C21H34N4O4.HI/c1-3-22-21(23-9-5-11-27-15-18-8-12-28-16-18)24-10-13-29-20-7-4-6-19(14-20)25-17(2)26;/h4,6-7,14,18H,3,5,8-13,15-16H2,1-2H3,(H,25,26)(H2,22,23,24);1H. The van der Waals surface area contributed by atoms with E-state index in [1.165, 1.54) is 6.92 Å². The number of carbonyl (C=O) groups excluding carboxylic acids is 1. The highest BCUT2D eigenvalue weighted by Gasteiger charge is 2.15. The van der Waals surface area contributed by atoms with Crippen LogP contribution in [0.5, 0.6) is 5.75 Å². The van der Waals surface area contributed by atoms with Crippen LogP contribution in [-0.2, 0) is 14.3 Å². The van der Waals surface area contributed by atoms with E-state index in [0.29, 0.717) is 38.0 Å². The molecule has 1 fully saturated rings.